The van der Waals surface area contributed by atoms with Crippen molar-refractivity contribution in [2.45, 2.75) is 26.3 Å². The second kappa shape index (κ2) is 8.61. The van der Waals surface area contributed by atoms with Gasteiger partial charge in [-0.2, -0.15) is 0 Å². The van der Waals surface area contributed by atoms with Crippen molar-refractivity contribution >= 4 is 29.2 Å². The van der Waals surface area contributed by atoms with Crippen molar-refractivity contribution in [2.24, 2.45) is 5.41 Å². The van der Waals surface area contributed by atoms with Gasteiger partial charge in [0.2, 0.25) is 5.91 Å². The first-order valence-corrected chi connectivity index (χ1v) is 9.58. The molecule has 0 aromatic heterocycles. The molecular formula is C21H23ClFN3O2. The number of nitrogens with one attached hydrogen (secondary N) is 2. The first kappa shape index (κ1) is 20.1. The molecule has 0 bridgehead atoms. The predicted molar refractivity (Wildman–Crippen MR) is 108 cm³/mol. The number of carbonyl (C=O) groups is 2. The van der Waals surface area contributed by atoms with Crippen molar-refractivity contribution in [1.82, 2.24) is 10.2 Å². The van der Waals surface area contributed by atoms with E-state index in [9.17, 15) is 14.0 Å². The summed E-state index contributed by atoms with van der Waals surface area (Å²) in [6, 6.07) is 12.8. The number of likely N-dealkylation sites (tertiary alicyclic amines) is 1. The predicted octanol–water partition coefficient (Wildman–Crippen LogP) is 4.43. The smallest absolute Gasteiger partial charge is 0.321 e. The lowest BCUT2D eigenvalue weighted by Gasteiger charge is -2.39. The van der Waals surface area contributed by atoms with E-state index in [4.69, 9.17) is 11.6 Å². The summed E-state index contributed by atoms with van der Waals surface area (Å²) in [5.41, 5.74) is 0.681. The minimum atomic E-state index is -0.684. The lowest BCUT2D eigenvalue weighted by Crippen LogP contribution is -2.52. The maximum absolute atomic E-state index is 13.0. The Morgan fingerprint density at radius 2 is 1.89 bits per heavy atom. The fraction of sp³-hybridized carbons (Fsp3) is 0.333. The van der Waals surface area contributed by atoms with Crippen LogP contribution in [0.3, 0.4) is 0 Å². The third-order valence-electron chi connectivity index (χ3n) is 5.01. The Kier molecular flexibility index (Phi) is 6.19. The minimum absolute atomic E-state index is 0.118. The van der Waals surface area contributed by atoms with Crippen LogP contribution in [0.5, 0.6) is 0 Å². The zero-order valence-electron chi connectivity index (χ0n) is 15.7. The topological polar surface area (TPSA) is 61.4 Å². The number of piperidine rings is 1. The molecule has 1 aliphatic rings. The van der Waals surface area contributed by atoms with Gasteiger partial charge >= 0.3 is 6.03 Å². The number of halogens is 2. The van der Waals surface area contributed by atoms with Gasteiger partial charge in [-0.05, 0) is 49.6 Å². The molecule has 7 heteroatoms. The lowest BCUT2D eigenvalue weighted by molar-refractivity contribution is -0.132. The van der Waals surface area contributed by atoms with Crippen LogP contribution in [-0.2, 0) is 11.3 Å². The van der Waals surface area contributed by atoms with Crippen molar-refractivity contribution in [2.75, 3.05) is 18.4 Å². The van der Waals surface area contributed by atoms with Crippen molar-refractivity contribution in [3.05, 3.63) is 64.9 Å². The van der Waals surface area contributed by atoms with Crippen LogP contribution in [0.4, 0.5) is 14.9 Å². The highest BCUT2D eigenvalue weighted by Gasteiger charge is 2.39. The Labute approximate surface area is 168 Å². The Bertz CT molecular complexity index is 859. The van der Waals surface area contributed by atoms with Crippen LogP contribution in [0.25, 0.3) is 0 Å². The van der Waals surface area contributed by atoms with Crippen LogP contribution >= 0.6 is 11.6 Å². The molecule has 2 N–H and O–H groups in total. The Balaban J connectivity index is 1.60. The number of anilines is 1. The van der Waals surface area contributed by atoms with E-state index in [0.717, 1.165) is 12.0 Å². The molecule has 3 rings (SSSR count). The van der Waals surface area contributed by atoms with E-state index in [2.05, 4.69) is 10.6 Å². The largest absolute Gasteiger partial charge is 0.351 e. The first-order valence-electron chi connectivity index (χ1n) is 9.21. The van der Waals surface area contributed by atoms with Gasteiger partial charge in [-0.15, -0.1) is 0 Å². The number of nitrogens with zero attached hydrogens (tertiary/aromatic N) is 1. The van der Waals surface area contributed by atoms with Gasteiger partial charge in [0.25, 0.3) is 0 Å². The zero-order valence-corrected chi connectivity index (χ0v) is 16.4. The lowest BCUT2D eigenvalue weighted by atomic mass is 9.81. The van der Waals surface area contributed by atoms with E-state index in [-0.39, 0.29) is 17.8 Å². The van der Waals surface area contributed by atoms with Crippen molar-refractivity contribution in [3.8, 4) is 0 Å². The molecule has 148 valence electrons. The molecule has 0 spiro atoms. The highest BCUT2D eigenvalue weighted by molar-refractivity contribution is 6.33. The normalized spacial score (nSPS) is 19.2. The summed E-state index contributed by atoms with van der Waals surface area (Å²) in [7, 11) is 0. The van der Waals surface area contributed by atoms with E-state index in [1.165, 1.54) is 12.1 Å². The van der Waals surface area contributed by atoms with Crippen LogP contribution in [0.15, 0.2) is 48.5 Å². The highest BCUT2D eigenvalue weighted by Crippen LogP contribution is 2.30. The number of hydrogen-bond donors (Lipinski definition) is 2. The first-order chi connectivity index (χ1) is 13.4. The van der Waals surface area contributed by atoms with Crippen molar-refractivity contribution < 1.29 is 14.0 Å². The Morgan fingerprint density at radius 3 is 2.61 bits per heavy atom. The van der Waals surface area contributed by atoms with Gasteiger partial charge < -0.3 is 15.5 Å². The van der Waals surface area contributed by atoms with Gasteiger partial charge in [-0.3, -0.25) is 4.79 Å². The van der Waals surface area contributed by atoms with E-state index in [1.807, 2.05) is 6.92 Å². The summed E-state index contributed by atoms with van der Waals surface area (Å²) in [5.74, 6) is -0.429. The number of hydrogen-bond acceptors (Lipinski definition) is 2. The van der Waals surface area contributed by atoms with E-state index in [0.29, 0.717) is 36.8 Å². The molecule has 1 atom stereocenters. The molecule has 1 heterocycles. The number of para-hydroxylation sites is 1. The third-order valence-corrected chi connectivity index (χ3v) is 5.34. The summed E-state index contributed by atoms with van der Waals surface area (Å²) in [6.45, 7) is 3.08. The molecule has 1 saturated heterocycles. The standard InChI is InChI=1S/C21H23ClFN3O2/c1-21(19(27)24-13-15-7-9-16(23)10-8-15)11-4-12-26(14-21)20(28)25-18-6-3-2-5-17(18)22/h2-3,5-10H,4,11-14H2,1H3,(H,24,27)(H,25,28)/t21-/m0/s1. The molecule has 0 unspecified atom stereocenters. The molecule has 1 fully saturated rings. The van der Waals surface area contributed by atoms with Crippen LogP contribution in [0, 0.1) is 11.2 Å². The molecule has 2 aromatic carbocycles. The van der Waals surface area contributed by atoms with Crippen LogP contribution < -0.4 is 10.6 Å². The molecule has 1 aliphatic heterocycles. The molecule has 28 heavy (non-hydrogen) atoms. The molecular weight excluding hydrogens is 381 g/mol. The number of amides is 3. The molecule has 0 radical (unpaired) electrons. The maximum Gasteiger partial charge on any atom is 0.321 e. The molecule has 0 aliphatic carbocycles. The van der Waals surface area contributed by atoms with Crippen LogP contribution in [-0.4, -0.2) is 29.9 Å². The molecule has 0 saturated carbocycles. The average Bonchev–Trinajstić information content (AvgIpc) is 2.69. The number of benzene rings is 2. The van der Waals surface area contributed by atoms with Gasteiger partial charge in [0, 0.05) is 19.6 Å². The van der Waals surface area contributed by atoms with Crippen LogP contribution in [0.1, 0.15) is 25.3 Å². The molecule has 3 amide bonds. The van der Waals surface area contributed by atoms with E-state index >= 15 is 0 Å². The third kappa shape index (κ3) is 4.81. The average molecular weight is 404 g/mol. The quantitative estimate of drug-likeness (QED) is 0.793. The second-order valence-electron chi connectivity index (χ2n) is 7.30. The molecule has 2 aromatic rings. The number of carbonyl (C=O) groups excluding carboxylic acids is 2. The van der Waals surface area contributed by atoms with E-state index < -0.39 is 5.41 Å². The summed E-state index contributed by atoms with van der Waals surface area (Å²) < 4.78 is 13.0. The Hall–Kier alpha value is -2.60. The SMILES string of the molecule is C[C@]1(C(=O)NCc2ccc(F)cc2)CCCN(C(=O)Nc2ccccc2Cl)C1. The van der Waals surface area contributed by atoms with Gasteiger partial charge in [0.05, 0.1) is 16.1 Å². The minimum Gasteiger partial charge on any atom is -0.351 e. The van der Waals surface area contributed by atoms with Gasteiger partial charge in [0.1, 0.15) is 5.82 Å². The zero-order chi connectivity index (χ0) is 20.1. The maximum atomic E-state index is 13.0. The monoisotopic (exact) mass is 403 g/mol. The summed E-state index contributed by atoms with van der Waals surface area (Å²) in [6.07, 6.45) is 1.43. The van der Waals surface area contributed by atoms with Crippen molar-refractivity contribution in [1.29, 1.82) is 0 Å². The number of urea groups is 1. The highest BCUT2D eigenvalue weighted by atomic mass is 35.5. The summed E-state index contributed by atoms with van der Waals surface area (Å²) in [4.78, 5) is 27.0. The summed E-state index contributed by atoms with van der Waals surface area (Å²) in [5, 5.41) is 6.18. The van der Waals surface area contributed by atoms with Gasteiger partial charge in [0.15, 0.2) is 0 Å². The Morgan fingerprint density at radius 1 is 1.18 bits per heavy atom. The van der Waals surface area contributed by atoms with Crippen LogP contribution in [0.2, 0.25) is 5.02 Å². The van der Waals surface area contributed by atoms with E-state index in [1.54, 1.807) is 41.3 Å². The van der Waals surface area contributed by atoms with Crippen molar-refractivity contribution in [3.63, 3.8) is 0 Å². The second-order valence-corrected chi connectivity index (χ2v) is 7.71. The molecule has 5 nitrogen and oxygen atoms in total. The van der Waals surface area contributed by atoms with Gasteiger partial charge in [-0.1, -0.05) is 35.9 Å². The fourth-order valence-corrected chi connectivity index (χ4v) is 3.54. The summed E-state index contributed by atoms with van der Waals surface area (Å²) >= 11 is 6.10. The van der Waals surface area contributed by atoms with Gasteiger partial charge in [-0.25, -0.2) is 9.18 Å². The number of rotatable bonds is 4. The fourth-order valence-electron chi connectivity index (χ4n) is 3.35.